The molecule has 1 N–H and O–H groups in total. The van der Waals surface area contributed by atoms with E-state index in [2.05, 4.69) is 55.0 Å². The Balaban J connectivity index is 1.64. The number of H-pyrrole nitrogens is 1. The molecule has 150 valence electrons. The summed E-state index contributed by atoms with van der Waals surface area (Å²) in [6.07, 6.45) is 15.5. The van der Waals surface area contributed by atoms with Crippen molar-refractivity contribution in [1.82, 2.24) is 4.98 Å². The van der Waals surface area contributed by atoms with Gasteiger partial charge in [0.2, 0.25) is 0 Å². The number of alkyl halides is 1. The molecule has 1 saturated carbocycles. The number of hydrogen-bond acceptors (Lipinski definition) is 0. The summed E-state index contributed by atoms with van der Waals surface area (Å²) >= 11 is 0. The van der Waals surface area contributed by atoms with Crippen LogP contribution >= 0.6 is 0 Å². The molecule has 1 atom stereocenters. The minimum Gasteiger partial charge on any atom is -0.361 e. The lowest BCUT2D eigenvalue weighted by atomic mass is 9.78. The molecule has 1 heterocycles. The van der Waals surface area contributed by atoms with Crippen LogP contribution in [-0.2, 0) is 6.42 Å². The van der Waals surface area contributed by atoms with Crippen LogP contribution in [0, 0.1) is 11.8 Å². The Hall–Kier alpha value is -2.09. The molecule has 28 heavy (non-hydrogen) atoms. The second-order valence-corrected chi connectivity index (χ2v) is 8.36. The summed E-state index contributed by atoms with van der Waals surface area (Å²) in [7, 11) is 0. The maximum absolute atomic E-state index is 13.2. The Bertz CT molecular complexity index is 881. The number of nitrogens with one attached hydrogen (secondary N) is 1. The molecule has 0 aliphatic heterocycles. The fraction of sp³-hybridized carbons (Fsp3) is 0.462. The number of aryl methyl sites for hydroxylation is 1. The first-order chi connectivity index (χ1) is 13.6. The average molecular weight is 380 g/mol. The first-order valence-corrected chi connectivity index (χ1v) is 10.8. The number of allylic oxidation sites excluding steroid dienone is 1. The number of benzene rings is 1. The van der Waals surface area contributed by atoms with Gasteiger partial charge in [-0.3, -0.25) is 0 Å². The average Bonchev–Trinajstić information content (AvgIpc) is 3.10. The van der Waals surface area contributed by atoms with Gasteiger partial charge >= 0.3 is 0 Å². The van der Waals surface area contributed by atoms with Crippen molar-refractivity contribution < 1.29 is 4.39 Å². The lowest BCUT2D eigenvalue weighted by Crippen LogP contribution is -2.23. The summed E-state index contributed by atoms with van der Waals surface area (Å²) in [5.74, 6) is 1.41. The zero-order valence-corrected chi connectivity index (χ0v) is 17.4. The van der Waals surface area contributed by atoms with E-state index in [1.807, 2.05) is 12.2 Å². The van der Waals surface area contributed by atoms with Crippen LogP contribution in [0.5, 0.6) is 0 Å². The van der Waals surface area contributed by atoms with E-state index in [0.29, 0.717) is 5.92 Å². The highest BCUT2D eigenvalue weighted by atomic mass is 19.1. The Kier molecular flexibility index (Phi) is 7.30. The first-order valence-electron chi connectivity index (χ1n) is 10.8. The smallest absolute Gasteiger partial charge is 0.0976 e. The van der Waals surface area contributed by atoms with E-state index in [1.54, 1.807) is 6.92 Å². The van der Waals surface area contributed by atoms with Gasteiger partial charge < -0.3 is 4.98 Å². The van der Waals surface area contributed by atoms with Crippen LogP contribution < -0.4 is 10.6 Å². The van der Waals surface area contributed by atoms with E-state index in [9.17, 15) is 4.39 Å². The van der Waals surface area contributed by atoms with Gasteiger partial charge in [0.15, 0.2) is 0 Å². The summed E-state index contributed by atoms with van der Waals surface area (Å²) in [6, 6.07) is 8.96. The van der Waals surface area contributed by atoms with Gasteiger partial charge in [0.1, 0.15) is 0 Å². The molecule has 0 saturated heterocycles. The lowest BCUT2D eigenvalue weighted by molar-refractivity contribution is 0.207. The molecule has 1 aromatic heterocycles. The molecule has 1 unspecified atom stereocenters. The highest BCUT2D eigenvalue weighted by molar-refractivity contribution is 5.66. The molecule has 0 amide bonds. The van der Waals surface area contributed by atoms with Crippen LogP contribution in [-0.4, -0.2) is 11.2 Å². The van der Waals surface area contributed by atoms with Crippen LogP contribution in [0.25, 0.3) is 23.3 Å². The quantitative estimate of drug-likeness (QED) is 0.613. The van der Waals surface area contributed by atoms with Gasteiger partial charge in [-0.1, -0.05) is 68.7 Å². The van der Waals surface area contributed by atoms with Gasteiger partial charge in [-0.25, -0.2) is 4.39 Å². The monoisotopic (exact) mass is 379 g/mol. The number of aromatic amines is 1. The lowest BCUT2D eigenvalue weighted by Gasteiger charge is -2.29. The normalized spacial score (nSPS) is 22.4. The molecule has 1 aromatic carbocycles. The predicted molar refractivity (Wildman–Crippen MR) is 119 cm³/mol. The van der Waals surface area contributed by atoms with Crippen molar-refractivity contribution in [3.63, 3.8) is 0 Å². The molecule has 2 aromatic rings. The summed E-state index contributed by atoms with van der Waals surface area (Å²) in [6.45, 7) is 7.59. The maximum atomic E-state index is 13.2. The Labute approximate surface area is 169 Å². The zero-order valence-electron chi connectivity index (χ0n) is 17.4. The minimum atomic E-state index is -0.646. The van der Waals surface area contributed by atoms with Crippen molar-refractivity contribution in [2.45, 2.75) is 65.0 Å². The van der Waals surface area contributed by atoms with Gasteiger partial charge in [0.25, 0.3) is 0 Å². The largest absolute Gasteiger partial charge is 0.361 e. The molecule has 1 aliphatic carbocycles. The molecule has 0 bridgehead atoms. The van der Waals surface area contributed by atoms with Crippen LogP contribution in [0.2, 0.25) is 0 Å². The molecular weight excluding hydrogens is 345 g/mol. The summed E-state index contributed by atoms with van der Waals surface area (Å²) in [5, 5.41) is 2.34. The standard InChI is InChI=1S/C26H34FN/c1-4-7-26-24(5-2)25(18-28-26)23-9-6-8-21(17-23)13-10-20-11-14-22(15-12-20)16-19(3)27/h4-9,17-20,22,28H,1,10-16H2,2-3H3/b24-5?,26-7+. The van der Waals surface area contributed by atoms with E-state index in [-0.39, 0.29) is 0 Å². The summed E-state index contributed by atoms with van der Waals surface area (Å²) in [5.41, 5.74) is 3.93. The molecule has 1 nitrogen and oxygen atoms in total. The molecule has 0 radical (unpaired) electrons. The highest BCUT2D eigenvalue weighted by Crippen LogP contribution is 2.34. The van der Waals surface area contributed by atoms with E-state index < -0.39 is 6.17 Å². The van der Waals surface area contributed by atoms with Gasteiger partial charge in [-0.05, 0) is 62.1 Å². The van der Waals surface area contributed by atoms with Crippen LogP contribution in [0.1, 0.15) is 57.9 Å². The van der Waals surface area contributed by atoms with Crippen molar-refractivity contribution in [2.24, 2.45) is 11.8 Å². The number of halogens is 1. The Morgan fingerprint density at radius 1 is 1.21 bits per heavy atom. The molecule has 3 rings (SSSR count). The number of aromatic nitrogens is 1. The van der Waals surface area contributed by atoms with Crippen molar-refractivity contribution in [3.8, 4) is 11.1 Å². The van der Waals surface area contributed by atoms with E-state index in [4.69, 9.17) is 0 Å². The number of hydrogen-bond donors (Lipinski definition) is 1. The van der Waals surface area contributed by atoms with Gasteiger partial charge in [0.05, 0.1) is 6.17 Å². The van der Waals surface area contributed by atoms with Gasteiger partial charge in [-0.15, -0.1) is 0 Å². The molecule has 1 fully saturated rings. The van der Waals surface area contributed by atoms with Gasteiger partial charge in [-0.2, -0.15) is 0 Å². The Morgan fingerprint density at radius 3 is 2.64 bits per heavy atom. The second kappa shape index (κ2) is 9.91. The van der Waals surface area contributed by atoms with Crippen molar-refractivity contribution >= 4 is 12.2 Å². The molecule has 1 aliphatic rings. The van der Waals surface area contributed by atoms with Crippen molar-refractivity contribution in [3.05, 3.63) is 59.2 Å². The summed E-state index contributed by atoms with van der Waals surface area (Å²) in [4.78, 5) is 3.36. The third kappa shape index (κ3) is 5.25. The van der Waals surface area contributed by atoms with Gasteiger partial charge in [0, 0.05) is 22.3 Å². The highest BCUT2D eigenvalue weighted by Gasteiger charge is 2.22. The van der Waals surface area contributed by atoms with Crippen molar-refractivity contribution in [1.29, 1.82) is 0 Å². The maximum Gasteiger partial charge on any atom is 0.0976 e. The molecule has 2 heteroatoms. The van der Waals surface area contributed by atoms with Crippen molar-refractivity contribution in [2.75, 3.05) is 0 Å². The van der Waals surface area contributed by atoms with Crippen LogP contribution in [0.15, 0.2) is 43.1 Å². The fourth-order valence-corrected chi connectivity index (χ4v) is 4.74. The second-order valence-electron chi connectivity index (χ2n) is 8.36. The van der Waals surface area contributed by atoms with E-state index in [1.165, 1.54) is 54.0 Å². The van der Waals surface area contributed by atoms with Crippen LogP contribution in [0.4, 0.5) is 4.39 Å². The SMILES string of the molecule is C=C/C=c1/[nH]cc(-c2cccc(CCC3CCC(CC(C)F)CC3)c2)c1=CC. The first kappa shape index (κ1) is 20.6. The fourth-order valence-electron chi connectivity index (χ4n) is 4.74. The third-order valence-electron chi connectivity index (χ3n) is 6.23. The minimum absolute atomic E-state index is 0.610. The molecular formula is C26H34FN. The van der Waals surface area contributed by atoms with E-state index in [0.717, 1.165) is 24.1 Å². The summed E-state index contributed by atoms with van der Waals surface area (Å²) < 4.78 is 13.2. The zero-order chi connectivity index (χ0) is 19.9. The third-order valence-corrected chi connectivity index (χ3v) is 6.23. The predicted octanol–water partition coefficient (Wildman–Crippen LogP) is 5.94. The topological polar surface area (TPSA) is 15.8 Å². The molecule has 0 spiro atoms. The number of rotatable bonds is 7. The Morgan fingerprint density at radius 2 is 1.96 bits per heavy atom. The van der Waals surface area contributed by atoms with Crippen LogP contribution in [0.3, 0.4) is 0 Å². The van der Waals surface area contributed by atoms with E-state index >= 15 is 0 Å².